The third-order valence-electron chi connectivity index (χ3n) is 1.32. The van der Waals surface area contributed by atoms with Crippen LogP contribution in [-0.4, -0.2) is 11.8 Å². The number of nitrogens with zero attached hydrogens (tertiary/aromatic N) is 1. The van der Waals surface area contributed by atoms with Gasteiger partial charge in [-0.05, 0) is 32.9 Å². The molecule has 0 saturated heterocycles. The van der Waals surface area contributed by atoms with Gasteiger partial charge >= 0.3 is 0 Å². The van der Waals surface area contributed by atoms with Gasteiger partial charge in [-0.3, -0.25) is 0 Å². The van der Waals surface area contributed by atoms with Gasteiger partial charge in [0.2, 0.25) is 0 Å². The molecule has 14 heavy (non-hydrogen) atoms. The van der Waals surface area contributed by atoms with Crippen molar-refractivity contribution in [2.45, 2.75) is 26.4 Å². The van der Waals surface area contributed by atoms with Crippen molar-refractivity contribution < 1.29 is 9.23 Å². The first-order chi connectivity index (χ1) is 6.47. The van der Waals surface area contributed by atoms with Crippen LogP contribution < -0.4 is 0 Å². The van der Waals surface area contributed by atoms with Gasteiger partial charge in [0.15, 0.2) is 0 Å². The molecule has 1 aromatic carbocycles. The standard InChI is InChI=1S/C11H13FNO/c1-11(2,3)14-13-8-9-5-4-6-10(12)7-9/h4-7H,1-3H3. The number of halogens is 1. The van der Waals surface area contributed by atoms with Gasteiger partial charge in [-0.25, -0.2) is 4.39 Å². The van der Waals surface area contributed by atoms with Gasteiger partial charge in [0.05, 0.1) is 0 Å². The predicted molar refractivity (Wildman–Crippen MR) is 53.8 cm³/mol. The topological polar surface area (TPSA) is 21.6 Å². The first kappa shape index (κ1) is 10.7. The van der Waals surface area contributed by atoms with E-state index in [0.29, 0.717) is 5.56 Å². The minimum absolute atomic E-state index is 0.305. The lowest BCUT2D eigenvalue weighted by Gasteiger charge is -2.14. The van der Waals surface area contributed by atoms with Gasteiger partial charge in [0.1, 0.15) is 17.6 Å². The molecule has 3 heteroatoms. The van der Waals surface area contributed by atoms with E-state index in [0.717, 1.165) is 0 Å². The Labute approximate surface area is 83.4 Å². The normalized spacial score (nSPS) is 12.0. The van der Waals surface area contributed by atoms with E-state index in [1.165, 1.54) is 12.1 Å². The molecule has 0 atom stereocenters. The Morgan fingerprint density at radius 2 is 2.07 bits per heavy atom. The van der Waals surface area contributed by atoms with Crippen LogP contribution in [0.25, 0.3) is 0 Å². The highest BCUT2D eigenvalue weighted by Gasteiger charge is 2.09. The van der Waals surface area contributed by atoms with Crippen molar-refractivity contribution in [3.05, 3.63) is 35.6 Å². The second-order valence-electron chi connectivity index (χ2n) is 3.92. The van der Waals surface area contributed by atoms with Crippen LogP contribution in [0, 0.1) is 5.82 Å². The summed E-state index contributed by atoms with van der Waals surface area (Å²) in [5.41, 5.74) is 0.217. The Bertz CT molecular complexity index is 328. The number of hydrogen-bond acceptors (Lipinski definition) is 2. The summed E-state index contributed by atoms with van der Waals surface area (Å²) in [5.74, 6) is -0.305. The molecule has 1 radical (unpaired) electrons. The molecule has 2 nitrogen and oxygen atoms in total. The summed E-state index contributed by atoms with van der Waals surface area (Å²) in [6, 6.07) is 6.02. The summed E-state index contributed by atoms with van der Waals surface area (Å²) in [7, 11) is 0. The van der Waals surface area contributed by atoms with Crippen LogP contribution in [0.5, 0.6) is 0 Å². The monoisotopic (exact) mass is 194 g/mol. The Balaban J connectivity index is 2.61. The smallest absolute Gasteiger partial charge is 0.139 e. The van der Waals surface area contributed by atoms with E-state index in [2.05, 4.69) is 11.4 Å². The van der Waals surface area contributed by atoms with Crippen molar-refractivity contribution in [1.29, 1.82) is 0 Å². The van der Waals surface area contributed by atoms with Gasteiger partial charge in [-0.15, -0.1) is 0 Å². The first-order valence-corrected chi connectivity index (χ1v) is 4.37. The second-order valence-corrected chi connectivity index (χ2v) is 3.92. The van der Waals surface area contributed by atoms with Crippen LogP contribution in [0.4, 0.5) is 4.39 Å². The van der Waals surface area contributed by atoms with E-state index in [-0.39, 0.29) is 11.4 Å². The summed E-state index contributed by atoms with van der Waals surface area (Å²) in [4.78, 5) is 5.06. The predicted octanol–water partition coefficient (Wildman–Crippen LogP) is 2.85. The minimum atomic E-state index is -0.347. The molecule has 0 aromatic heterocycles. The van der Waals surface area contributed by atoms with Crippen LogP contribution in [-0.2, 0) is 4.84 Å². The van der Waals surface area contributed by atoms with Crippen molar-refractivity contribution in [3.8, 4) is 0 Å². The summed E-state index contributed by atoms with van der Waals surface area (Å²) in [6.45, 7) is 5.64. The molecule has 1 rings (SSSR count). The van der Waals surface area contributed by atoms with E-state index in [4.69, 9.17) is 4.84 Å². The number of rotatable bonds is 2. The van der Waals surface area contributed by atoms with E-state index in [1.54, 1.807) is 12.1 Å². The van der Waals surface area contributed by atoms with Crippen LogP contribution >= 0.6 is 0 Å². The average Bonchev–Trinajstić information content (AvgIpc) is 2.01. The lowest BCUT2D eigenvalue weighted by molar-refractivity contribution is 0.00199. The van der Waals surface area contributed by atoms with Crippen LogP contribution in [0.15, 0.2) is 29.4 Å². The summed E-state index contributed by atoms with van der Waals surface area (Å²) in [6.07, 6.45) is 2.60. The number of benzene rings is 1. The maximum absolute atomic E-state index is 12.7. The zero-order valence-electron chi connectivity index (χ0n) is 8.54. The van der Waals surface area contributed by atoms with E-state index in [9.17, 15) is 4.39 Å². The fourth-order valence-electron chi connectivity index (χ4n) is 0.770. The average molecular weight is 194 g/mol. The quantitative estimate of drug-likeness (QED) is 0.524. The van der Waals surface area contributed by atoms with Crippen molar-refractivity contribution in [1.82, 2.24) is 0 Å². The third-order valence-corrected chi connectivity index (χ3v) is 1.32. The van der Waals surface area contributed by atoms with Crippen molar-refractivity contribution in [2.75, 3.05) is 0 Å². The van der Waals surface area contributed by atoms with Crippen molar-refractivity contribution in [2.24, 2.45) is 5.16 Å². The van der Waals surface area contributed by atoms with Crippen molar-refractivity contribution in [3.63, 3.8) is 0 Å². The van der Waals surface area contributed by atoms with Crippen LogP contribution in [0.2, 0.25) is 0 Å². The fourth-order valence-corrected chi connectivity index (χ4v) is 0.770. The SMILES string of the molecule is CC(C)(C)O/N=[C]/c1cccc(F)c1. The molecule has 0 unspecified atom stereocenters. The third kappa shape index (κ3) is 4.03. The second kappa shape index (κ2) is 4.22. The minimum Gasteiger partial charge on any atom is -0.390 e. The molecule has 1 aromatic rings. The molecule has 0 saturated carbocycles. The largest absolute Gasteiger partial charge is 0.390 e. The van der Waals surface area contributed by atoms with Crippen LogP contribution in [0.1, 0.15) is 26.3 Å². The summed E-state index contributed by atoms with van der Waals surface area (Å²) >= 11 is 0. The molecule has 0 bridgehead atoms. The lowest BCUT2D eigenvalue weighted by atomic mass is 10.2. The van der Waals surface area contributed by atoms with Gasteiger partial charge in [0, 0.05) is 5.56 Å². The molecular formula is C11H13FNO. The zero-order chi connectivity index (χ0) is 10.6. The highest BCUT2D eigenvalue weighted by Crippen LogP contribution is 2.07. The fraction of sp³-hybridized carbons (Fsp3) is 0.364. The highest BCUT2D eigenvalue weighted by molar-refractivity contribution is 5.78. The number of hydrogen-bond donors (Lipinski definition) is 0. The van der Waals surface area contributed by atoms with Gasteiger partial charge < -0.3 is 4.84 Å². The Morgan fingerprint density at radius 1 is 1.36 bits per heavy atom. The van der Waals surface area contributed by atoms with E-state index in [1.807, 2.05) is 20.8 Å². The maximum Gasteiger partial charge on any atom is 0.139 e. The molecule has 0 aliphatic heterocycles. The summed E-state index contributed by atoms with van der Waals surface area (Å²) in [5, 5.41) is 3.64. The molecular weight excluding hydrogens is 181 g/mol. The zero-order valence-corrected chi connectivity index (χ0v) is 8.54. The van der Waals surface area contributed by atoms with Gasteiger partial charge in [-0.1, -0.05) is 17.3 Å². The van der Waals surface area contributed by atoms with Crippen LogP contribution in [0.3, 0.4) is 0 Å². The Kier molecular flexibility index (Phi) is 3.23. The molecule has 0 fully saturated rings. The molecule has 0 amide bonds. The molecule has 0 N–H and O–H groups in total. The Hall–Kier alpha value is -1.38. The van der Waals surface area contributed by atoms with E-state index >= 15 is 0 Å². The molecule has 0 aliphatic carbocycles. The lowest BCUT2D eigenvalue weighted by Crippen LogP contribution is -2.15. The van der Waals surface area contributed by atoms with Crippen molar-refractivity contribution >= 4 is 6.21 Å². The highest BCUT2D eigenvalue weighted by atomic mass is 19.1. The molecule has 0 spiro atoms. The van der Waals surface area contributed by atoms with Gasteiger partial charge in [0.25, 0.3) is 0 Å². The first-order valence-electron chi connectivity index (χ1n) is 4.37. The summed E-state index contributed by atoms with van der Waals surface area (Å²) < 4.78 is 12.7. The van der Waals surface area contributed by atoms with Gasteiger partial charge in [-0.2, -0.15) is 0 Å². The molecule has 0 aliphatic rings. The maximum atomic E-state index is 12.7. The molecule has 0 heterocycles. The van der Waals surface area contributed by atoms with E-state index < -0.39 is 0 Å². The molecule has 75 valence electrons. The Morgan fingerprint density at radius 3 is 2.64 bits per heavy atom.